The van der Waals surface area contributed by atoms with Gasteiger partial charge in [-0.05, 0) is 0 Å². The molecule has 0 aliphatic rings. The Morgan fingerprint density at radius 2 is 0.176 bits per heavy atom. The molecule has 0 bridgehead atoms. The molecule has 0 aromatic rings. The van der Waals surface area contributed by atoms with Crippen LogP contribution in [0, 0.1) is 0 Å². The topological polar surface area (TPSA) is 472 Å². The first-order chi connectivity index (χ1) is 0. The fraction of sp³-hybridized carbons (Fsp3) is 0. The largest absolute Gasteiger partial charge is 0.412 e. The first-order valence-electron chi connectivity index (χ1n) is 0. The molecule has 0 rings (SSSR count). The van der Waals surface area contributed by atoms with Crippen LogP contribution in [0.25, 0.3) is 0 Å². The summed E-state index contributed by atoms with van der Waals surface area (Å²) in [5.41, 5.74) is 0. The van der Waals surface area contributed by atoms with Crippen LogP contribution in [0.4, 0.5) is 0 Å². The highest BCUT2D eigenvalue weighted by atomic mass is 79.9. The molecule has 0 amide bonds. The predicted octanol–water partition coefficient (Wildman–Crippen LogP) is -13.0. The van der Waals surface area contributed by atoms with Crippen molar-refractivity contribution in [3.63, 3.8) is 0 Å². The Balaban J connectivity index is 0. The number of hydrogen-bond donors (Lipinski definition) is 0. The van der Waals surface area contributed by atoms with Crippen LogP contribution in [0.5, 0.6) is 0 Å². The molecule has 15 nitrogen and oxygen atoms in total. The van der Waals surface area contributed by atoms with Crippen LogP contribution >= 0.6 is 17.0 Å². The van der Waals surface area contributed by atoms with E-state index in [1.54, 1.807) is 0 Å². The molecule has 0 aliphatic carbocycles. The molecule has 17 heavy (non-hydrogen) atoms. The second kappa shape index (κ2) is 22900. The fourth-order valence-electron chi connectivity index (χ4n) is 0. The zero-order valence-corrected chi connectivity index (χ0v) is 9.62. The maximum Gasteiger partial charge on any atom is 0.187 e. The van der Waals surface area contributed by atoms with E-state index in [0.29, 0.717) is 0 Å². The van der Waals surface area contributed by atoms with E-state index in [9.17, 15) is 0 Å². The third-order valence-electron chi connectivity index (χ3n) is 0. The van der Waals surface area contributed by atoms with Gasteiger partial charge in [0.2, 0.25) is 0 Å². The van der Waals surface area contributed by atoms with Gasteiger partial charge >= 0.3 is 0 Å². The van der Waals surface area contributed by atoms with E-state index in [2.05, 4.69) is 0 Å². The Hall–Kier alpha value is 0.412. The summed E-state index contributed by atoms with van der Waals surface area (Å²) in [6.07, 6.45) is 0. The summed E-state index contributed by atoms with van der Waals surface area (Å²) < 4.78 is 0. The summed E-state index contributed by atoms with van der Waals surface area (Å²) in [5.74, 6) is 0. The Bertz CT molecular complexity index is 10.9. The van der Waals surface area contributed by atoms with Crippen LogP contribution in [-0.2, 0) is 0 Å². The van der Waals surface area contributed by atoms with Crippen molar-refractivity contribution in [2.24, 2.45) is 0 Å². The molecule has 0 radical (unpaired) electrons. The summed E-state index contributed by atoms with van der Waals surface area (Å²) in [6, 6.07) is 0. The van der Waals surface area contributed by atoms with Crippen molar-refractivity contribution in [3.8, 4) is 0 Å². The number of hydrogen-bond acceptors (Lipinski definition) is 0. The normalized spacial score (nSPS) is 0. The second-order valence-corrected chi connectivity index (χ2v) is 0. The van der Waals surface area contributed by atoms with Gasteiger partial charge in [0.15, 0.2) is 17.4 Å². The third-order valence-corrected chi connectivity index (χ3v) is 0. The Labute approximate surface area is 117 Å². The molecule has 0 aromatic carbocycles. The van der Waals surface area contributed by atoms with Gasteiger partial charge in [0.1, 0.15) is 0 Å². The summed E-state index contributed by atoms with van der Waals surface area (Å²) in [5, 5.41) is 0. The first-order valence-corrected chi connectivity index (χ1v) is 0. The summed E-state index contributed by atoms with van der Waals surface area (Å²) >= 11 is 0. The zero-order valence-electron chi connectivity index (χ0n) is 7.91. The molecule has 0 saturated carbocycles. The van der Waals surface area contributed by atoms with Crippen molar-refractivity contribution in [2.75, 3.05) is 0 Å². The van der Waals surface area contributed by atoms with Crippen molar-refractivity contribution in [3.05, 3.63) is 0 Å². The number of rotatable bonds is 0. The Morgan fingerprint density at radius 1 is 0.176 bits per heavy atom. The summed E-state index contributed by atoms with van der Waals surface area (Å²) in [7, 11) is 0. The first kappa shape index (κ1) is 27600. The lowest BCUT2D eigenvalue weighted by atomic mass is 16.0. The lowest BCUT2D eigenvalue weighted by Gasteiger charge is -0.413. The van der Waals surface area contributed by atoms with Gasteiger partial charge in [0, 0.05) is 0 Å². The van der Waals surface area contributed by atoms with Gasteiger partial charge in [-0.1, -0.05) is 0 Å². The van der Waals surface area contributed by atoms with Gasteiger partial charge in [-0.2, -0.15) is 0 Å². The lowest BCUT2D eigenvalue weighted by molar-refractivity contribution is 0.823. The zero-order chi connectivity index (χ0) is 0. The molecule has 134 valence electrons. The minimum absolute atomic E-state index is 0. The second-order valence-electron chi connectivity index (χ2n) is 0. The summed E-state index contributed by atoms with van der Waals surface area (Å²) in [4.78, 5) is 0. The van der Waals surface area contributed by atoms with Gasteiger partial charge in [-0.15, -0.1) is 17.0 Å². The lowest BCUT2D eigenvalue weighted by Crippen LogP contribution is -0.381. The minimum Gasteiger partial charge on any atom is -0.412 e. The molecular weight excluding hydrogens is 347 g/mol. The van der Waals surface area contributed by atoms with Gasteiger partial charge in [-0.25, -0.2) is 0 Å². The quantitative estimate of drug-likeness (QED) is 0.352. The van der Waals surface area contributed by atoms with Gasteiger partial charge in [0.05, 0.1) is 0 Å². The molecule has 0 aliphatic heterocycles. The van der Waals surface area contributed by atoms with Crippen LogP contribution in [0.1, 0.15) is 0 Å². The summed E-state index contributed by atoms with van der Waals surface area (Å²) in [6.45, 7) is 0. The van der Waals surface area contributed by atoms with E-state index < -0.39 is 0 Å². The van der Waals surface area contributed by atoms with Crippen molar-refractivity contribution in [1.29, 1.82) is 0 Å². The van der Waals surface area contributed by atoms with Crippen LogP contribution in [0.15, 0.2) is 0 Å². The molecule has 0 fully saturated rings. The maximum atomic E-state index is 0. The van der Waals surface area contributed by atoms with Crippen LogP contribution in [-0.4, -0.2) is 99.5 Å². The highest BCUT2D eigenvalue weighted by molar-refractivity contribution is 8.93. The predicted molar refractivity (Wildman–Crippen MR) is 74.5 cm³/mol. The van der Waals surface area contributed by atoms with Gasteiger partial charge in [0.25, 0.3) is 0 Å². The molecular formula is H34AlBrO15. The molecule has 0 heterocycles. The van der Waals surface area contributed by atoms with Gasteiger partial charge in [-0.3, -0.25) is 0 Å². The molecule has 0 unspecified atom stereocenters. The molecule has 0 saturated heterocycles. The molecule has 0 aromatic heterocycles. The van der Waals surface area contributed by atoms with E-state index in [1.165, 1.54) is 0 Å². The minimum atomic E-state index is 0. The highest BCUT2D eigenvalue weighted by Gasteiger charge is 0.187. The van der Waals surface area contributed by atoms with E-state index in [1.807, 2.05) is 0 Å². The fourth-order valence-corrected chi connectivity index (χ4v) is 0. The standard InChI is InChI=1S/Al.BrH.15H2O.3H/h;1H;15*1H2;;;. The Morgan fingerprint density at radius 3 is 0.176 bits per heavy atom. The molecule has 0 spiro atoms. The van der Waals surface area contributed by atoms with Crippen LogP contribution in [0.2, 0.25) is 0 Å². The monoisotopic (exact) mass is 380 g/mol. The van der Waals surface area contributed by atoms with Crippen molar-refractivity contribution < 1.29 is 82.1 Å². The number of halogens is 1. The van der Waals surface area contributed by atoms with E-state index >= 15 is 0 Å². The van der Waals surface area contributed by atoms with E-state index in [-0.39, 0.29) is 116 Å². The van der Waals surface area contributed by atoms with Crippen molar-refractivity contribution in [2.45, 2.75) is 0 Å². The van der Waals surface area contributed by atoms with Crippen molar-refractivity contribution in [1.82, 2.24) is 0 Å². The average molecular weight is 381 g/mol. The van der Waals surface area contributed by atoms with E-state index in [4.69, 9.17) is 0 Å². The average Bonchev–Trinajstić information content (AvgIpc) is 0. The van der Waals surface area contributed by atoms with Crippen LogP contribution in [0.3, 0.4) is 0 Å². The molecule has 0 atom stereocenters. The van der Waals surface area contributed by atoms with Crippen LogP contribution < -0.4 is 0 Å². The van der Waals surface area contributed by atoms with Crippen molar-refractivity contribution >= 4 is 34.3 Å². The SMILES string of the molecule is Br.O.O.O.O.O.O.O.O.O.O.O.O.O.O.O.[AlH3]. The highest BCUT2D eigenvalue weighted by Crippen LogP contribution is 0.846. The van der Waals surface area contributed by atoms with Gasteiger partial charge < -0.3 is 82.1 Å². The molecule has 17 heteroatoms. The Kier molecular flexibility index (Phi) is 37200000. The third kappa shape index (κ3) is 20000. The maximum absolute atomic E-state index is 0. The molecule has 30 N–H and O–H groups in total. The van der Waals surface area contributed by atoms with E-state index in [0.717, 1.165) is 0 Å². The smallest absolute Gasteiger partial charge is 0.187 e.